The third-order valence-corrected chi connectivity index (χ3v) is 2.73. The molecule has 0 aliphatic heterocycles. The standard InChI is InChI=1S/C15H17N3O2/c1-12(14-9-5-6-10-16-14)17-15(19)18-20-11-13-7-3-2-4-8-13/h2-10,12H,11H2,1H3,(H2,17,18,19)/t12-/m1/s1. The summed E-state index contributed by atoms with van der Waals surface area (Å²) in [5, 5.41) is 2.74. The Morgan fingerprint density at radius 2 is 1.95 bits per heavy atom. The van der Waals surface area contributed by atoms with Gasteiger partial charge in [-0.2, -0.15) is 0 Å². The third kappa shape index (κ3) is 4.37. The molecule has 2 N–H and O–H groups in total. The second kappa shape index (κ2) is 7.25. The summed E-state index contributed by atoms with van der Waals surface area (Å²) in [5.41, 5.74) is 4.14. The molecule has 0 saturated carbocycles. The van der Waals surface area contributed by atoms with Crippen molar-refractivity contribution >= 4 is 6.03 Å². The molecule has 2 amide bonds. The number of benzene rings is 1. The molecule has 0 bridgehead atoms. The van der Waals surface area contributed by atoms with Crippen LogP contribution in [-0.2, 0) is 11.4 Å². The van der Waals surface area contributed by atoms with Gasteiger partial charge in [-0.3, -0.25) is 9.82 Å². The van der Waals surface area contributed by atoms with Crippen LogP contribution in [0, 0.1) is 0 Å². The van der Waals surface area contributed by atoms with Crippen molar-refractivity contribution in [1.29, 1.82) is 0 Å². The molecule has 0 saturated heterocycles. The Kier molecular flexibility index (Phi) is 5.08. The summed E-state index contributed by atoms with van der Waals surface area (Å²) in [6.45, 7) is 2.19. The number of pyridine rings is 1. The van der Waals surface area contributed by atoms with E-state index in [9.17, 15) is 4.79 Å². The first-order chi connectivity index (χ1) is 9.75. The number of carbonyl (C=O) groups excluding carboxylic acids is 1. The zero-order valence-electron chi connectivity index (χ0n) is 11.2. The second-order valence-electron chi connectivity index (χ2n) is 4.33. The van der Waals surface area contributed by atoms with Crippen LogP contribution in [0.5, 0.6) is 0 Å². The van der Waals surface area contributed by atoms with Gasteiger partial charge in [-0.1, -0.05) is 36.4 Å². The zero-order chi connectivity index (χ0) is 14.2. The van der Waals surface area contributed by atoms with Crippen molar-refractivity contribution in [2.45, 2.75) is 19.6 Å². The number of hydrogen-bond acceptors (Lipinski definition) is 3. The Morgan fingerprint density at radius 3 is 2.65 bits per heavy atom. The van der Waals surface area contributed by atoms with E-state index in [1.807, 2.05) is 55.5 Å². The highest BCUT2D eigenvalue weighted by Gasteiger charge is 2.09. The summed E-state index contributed by atoms with van der Waals surface area (Å²) in [6.07, 6.45) is 1.69. The van der Waals surface area contributed by atoms with Gasteiger partial charge in [0.15, 0.2) is 0 Å². The van der Waals surface area contributed by atoms with Crippen molar-refractivity contribution in [1.82, 2.24) is 15.8 Å². The quantitative estimate of drug-likeness (QED) is 0.821. The largest absolute Gasteiger partial charge is 0.339 e. The number of aromatic nitrogens is 1. The van der Waals surface area contributed by atoms with Gasteiger partial charge in [0.25, 0.3) is 0 Å². The van der Waals surface area contributed by atoms with Crippen LogP contribution < -0.4 is 10.8 Å². The topological polar surface area (TPSA) is 63.2 Å². The molecule has 20 heavy (non-hydrogen) atoms. The van der Waals surface area contributed by atoms with E-state index >= 15 is 0 Å². The van der Waals surface area contributed by atoms with E-state index in [1.54, 1.807) is 6.20 Å². The third-order valence-electron chi connectivity index (χ3n) is 2.73. The molecule has 1 aromatic heterocycles. The van der Waals surface area contributed by atoms with E-state index in [2.05, 4.69) is 15.8 Å². The molecule has 0 aliphatic rings. The fraction of sp³-hybridized carbons (Fsp3) is 0.200. The molecule has 1 aromatic carbocycles. The summed E-state index contributed by atoms with van der Waals surface area (Å²) in [7, 11) is 0. The average Bonchev–Trinajstić information content (AvgIpc) is 2.49. The van der Waals surface area contributed by atoms with Crippen LogP contribution in [0.2, 0.25) is 0 Å². The molecular formula is C15H17N3O2. The SMILES string of the molecule is C[C@@H](NC(=O)NOCc1ccccc1)c1ccccn1. The van der Waals surface area contributed by atoms with Crippen LogP contribution in [0.3, 0.4) is 0 Å². The number of rotatable bonds is 5. The maximum atomic E-state index is 11.6. The van der Waals surface area contributed by atoms with E-state index < -0.39 is 0 Å². The van der Waals surface area contributed by atoms with Crippen LogP contribution in [0.25, 0.3) is 0 Å². The van der Waals surface area contributed by atoms with Gasteiger partial charge in [0.1, 0.15) is 0 Å². The molecule has 5 heteroatoms. The normalized spacial score (nSPS) is 11.7. The van der Waals surface area contributed by atoms with Gasteiger partial charge in [0, 0.05) is 6.20 Å². The number of nitrogens with one attached hydrogen (secondary N) is 2. The zero-order valence-corrected chi connectivity index (χ0v) is 11.2. The number of urea groups is 1. The average molecular weight is 271 g/mol. The minimum Gasteiger partial charge on any atom is -0.328 e. The summed E-state index contributed by atoms with van der Waals surface area (Å²) >= 11 is 0. The van der Waals surface area contributed by atoms with E-state index in [4.69, 9.17) is 4.84 Å². The minimum atomic E-state index is -0.390. The van der Waals surface area contributed by atoms with E-state index in [0.29, 0.717) is 6.61 Å². The first-order valence-corrected chi connectivity index (χ1v) is 6.39. The second-order valence-corrected chi connectivity index (χ2v) is 4.33. The van der Waals surface area contributed by atoms with Crippen LogP contribution in [-0.4, -0.2) is 11.0 Å². The Morgan fingerprint density at radius 1 is 1.20 bits per heavy atom. The van der Waals surface area contributed by atoms with Crippen LogP contribution in [0.4, 0.5) is 4.79 Å². The fourth-order valence-electron chi connectivity index (χ4n) is 1.69. The molecule has 1 atom stereocenters. The molecule has 0 unspecified atom stereocenters. The molecular weight excluding hydrogens is 254 g/mol. The number of hydrogen-bond donors (Lipinski definition) is 2. The van der Waals surface area contributed by atoms with Gasteiger partial charge in [0.2, 0.25) is 0 Å². The van der Waals surface area contributed by atoms with Gasteiger partial charge in [-0.05, 0) is 24.6 Å². The van der Waals surface area contributed by atoms with E-state index in [-0.39, 0.29) is 12.1 Å². The lowest BCUT2D eigenvalue weighted by molar-refractivity contribution is 0.0482. The predicted octanol–water partition coefficient (Wildman–Crippen LogP) is 2.57. The highest BCUT2D eigenvalue weighted by atomic mass is 16.7. The highest BCUT2D eigenvalue weighted by molar-refractivity contribution is 5.73. The van der Waals surface area contributed by atoms with E-state index in [1.165, 1.54) is 0 Å². The number of hydroxylamine groups is 1. The lowest BCUT2D eigenvalue weighted by Crippen LogP contribution is -2.37. The van der Waals surface area contributed by atoms with Crippen molar-refractivity contribution < 1.29 is 9.63 Å². The number of carbonyl (C=O) groups is 1. The summed E-state index contributed by atoms with van der Waals surface area (Å²) < 4.78 is 0. The van der Waals surface area contributed by atoms with Crippen molar-refractivity contribution in [3.05, 3.63) is 66.0 Å². The summed E-state index contributed by atoms with van der Waals surface area (Å²) in [5.74, 6) is 0. The Balaban J connectivity index is 1.73. The number of amides is 2. The molecule has 1 heterocycles. The van der Waals surface area contributed by atoms with Crippen molar-refractivity contribution in [3.63, 3.8) is 0 Å². The smallest absolute Gasteiger partial charge is 0.328 e. The van der Waals surface area contributed by atoms with Crippen molar-refractivity contribution in [2.24, 2.45) is 0 Å². The van der Waals surface area contributed by atoms with Crippen molar-refractivity contribution in [3.8, 4) is 0 Å². The maximum Gasteiger partial charge on any atom is 0.339 e. The lowest BCUT2D eigenvalue weighted by Gasteiger charge is -2.13. The van der Waals surface area contributed by atoms with Gasteiger partial charge in [-0.15, -0.1) is 0 Å². The molecule has 2 rings (SSSR count). The van der Waals surface area contributed by atoms with E-state index in [0.717, 1.165) is 11.3 Å². The number of nitrogens with zero attached hydrogens (tertiary/aromatic N) is 1. The highest BCUT2D eigenvalue weighted by Crippen LogP contribution is 2.07. The maximum absolute atomic E-state index is 11.6. The van der Waals surface area contributed by atoms with Gasteiger partial charge < -0.3 is 5.32 Å². The lowest BCUT2D eigenvalue weighted by atomic mass is 10.2. The molecule has 0 spiro atoms. The Hall–Kier alpha value is -2.40. The summed E-state index contributed by atoms with van der Waals surface area (Å²) in [6, 6.07) is 14.6. The molecule has 104 valence electrons. The van der Waals surface area contributed by atoms with Gasteiger partial charge >= 0.3 is 6.03 Å². The van der Waals surface area contributed by atoms with Gasteiger partial charge in [0.05, 0.1) is 18.3 Å². The first-order valence-electron chi connectivity index (χ1n) is 6.39. The van der Waals surface area contributed by atoms with Crippen molar-refractivity contribution in [2.75, 3.05) is 0 Å². The minimum absolute atomic E-state index is 0.184. The summed E-state index contributed by atoms with van der Waals surface area (Å²) in [4.78, 5) is 21.0. The Labute approximate surface area is 117 Å². The van der Waals surface area contributed by atoms with Crippen LogP contribution in [0.1, 0.15) is 24.2 Å². The fourth-order valence-corrected chi connectivity index (χ4v) is 1.69. The van der Waals surface area contributed by atoms with Gasteiger partial charge in [-0.25, -0.2) is 10.3 Å². The molecule has 0 fully saturated rings. The monoisotopic (exact) mass is 271 g/mol. The van der Waals surface area contributed by atoms with Crippen LogP contribution in [0.15, 0.2) is 54.7 Å². The first kappa shape index (κ1) is 14.0. The van der Waals surface area contributed by atoms with Crippen LogP contribution >= 0.6 is 0 Å². The predicted molar refractivity (Wildman–Crippen MR) is 75.6 cm³/mol. The Bertz CT molecular complexity index is 531. The molecule has 0 radical (unpaired) electrons. The molecule has 0 aliphatic carbocycles. The molecule has 2 aromatic rings. The molecule has 5 nitrogen and oxygen atoms in total.